The van der Waals surface area contributed by atoms with Gasteiger partial charge in [-0.25, -0.2) is 0 Å². The minimum atomic E-state index is -0.647. The third kappa shape index (κ3) is 3.02. The highest BCUT2D eigenvalue weighted by Crippen LogP contribution is 2.33. The van der Waals surface area contributed by atoms with Gasteiger partial charge in [-0.1, -0.05) is 17.7 Å². The Morgan fingerprint density at radius 3 is 2.79 bits per heavy atom. The number of amides is 1. The van der Waals surface area contributed by atoms with Crippen LogP contribution < -0.4 is 11.1 Å². The van der Waals surface area contributed by atoms with E-state index in [9.17, 15) is 14.9 Å². The van der Waals surface area contributed by atoms with E-state index in [1.807, 2.05) is 0 Å². The number of nitrogens with one attached hydrogen (secondary N) is 1. The standard InChI is InChI=1S/C12H14ClN3O3/c13-9-3-1-2-8(11(9)16(18)19)12(17)15-10(6-14)7-4-5-7/h1-3,7,10H,4-6,14H2,(H,15,17). The fourth-order valence-electron chi connectivity index (χ4n) is 2.00. The molecule has 0 aromatic heterocycles. The van der Waals surface area contributed by atoms with Gasteiger partial charge >= 0.3 is 5.69 Å². The molecule has 0 heterocycles. The zero-order valence-corrected chi connectivity index (χ0v) is 10.9. The Kier molecular flexibility index (Phi) is 4.01. The first-order valence-corrected chi connectivity index (χ1v) is 6.36. The summed E-state index contributed by atoms with van der Waals surface area (Å²) in [6, 6.07) is 4.15. The zero-order valence-electron chi connectivity index (χ0n) is 10.1. The second kappa shape index (κ2) is 5.54. The van der Waals surface area contributed by atoms with Crippen LogP contribution in [0.4, 0.5) is 5.69 Å². The Balaban J connectivity index is 2.23. The average Bonchev–Trinajstić information content (AvgIpc) is 3.19. The van der Waals surface area contributed by atoms with Gasteiger partial charge in [0.2, 0.25) is 0 Å². The highest BCUT2D eigenvalue weighted by Gasteiger charge is 2.33. The van der Waals surface area contributed by atoms with Crippen molar-refractivity contribution < 1.29 is 9.72 Å². The van der Waals surface area contributed by atoms with Crippen molar-refractivity contribution in [1.29, 1.82) is 0 Å². The molecule has 1 aromatic rings. The Labute approximate surface area is 115 Å². The van der Waals surface area contributed by atoms with Gasteiger partial charge < -0.3 is 11.1 Å². The van der Waals surface area contributed by atoms with E-state index in [-0.39, 0.29) is 22.3 Å². The molecule has 1 amide bonds. The number of carbonyl (C=O) groups excluding carboxylic acids is 1. The van der Waals surface area contributed by atoms with E-state index in [1.165, 1.54) is 18.2 Å². The molecule has 1 saturated carbocycles. The van der Waals surface area contributed by atoms with E-state index in [4.69, 9.17) is 17.3 Å². The summed E-state index contributed by atoms with van der Waals surface area (Å²) in [4.78, 5) is 22.4. The van der Waals surface area contributed by atoms with Crippen LogP contribution >= 0.6 is 11.6 Å². The van der Waals surface area contributed by atoms with Gasteiger partial charge in [0.05, 0.1) is 4.92 Å². The van der Waals surface area contributed by atoms with E-state index in [2.05, 4.69) is 5.32 Å². The van der Waals surface area contributed by atoms with E-state index in [0.29, 0.717) is 12.5 Å². The largest absolute Gasteiger partial charge is 0.348 e. The van der Waals surface area contributed by atoms with Crippen LogP contribution in [0.25, 0.3) is 0 Å². The molecule has 102 valence electrons. The summed E-state index contributed by atoms with van der Waals surface area (Å²) >= 11 is 5.77. The predicted molar refractivity (Wildman–Crippen MR) is 71.1 cm³/mol. The second-order valence-electron chi connectivity index (χ2n) is 4.55. The Hall–Kier alpha value is -1.66. The molecular formula is C12H14ClN3O3. The molecule has 1 atom stereocenters. The summed E-state index contributed by atoms with van der Waals surface area (Å²) < 4.78 is 0. The normalized spacial score (nSPS) is 15.9. The van der Waals surface area contributed by atoms with Gasteiger partial charge in [0.15, 0.2) is 0 Å². The molecular weight excluding hydrogens is 270 g/mol. The molecule has 1 fully saturated rings. The number of rotatable bonds is 5. The molecule has 0 spiro atoms. The molecule has 6 nitrogen and oxygen atoms in total. The molecule has 1 unspecified atom stereocenters. The van der Waals surface area contributed by atoms with E-state index in [0.717, 1.165) is 12.8 Å². The van der Waals surface area contributed by atoms with Crippen molar-refractivity contribution in [3.8, 4) is 0 Å². The first kappa shape index (κ1) is 13.8. The Bertz CT molecular complexity index is 517. The van der Waals surface area contributed by atoms with Crippen LogP contribution in [0.5, 0.6) is 0 Å². The maximum atomic E-state index is 12.1. The van der Waals surface area contributed by atoms with Gasteiger partial charge in [-0.2, -0.15) is 0 Å². The van der Waals surface area contributed by atoms with Crippen molar-refractivity contribution >= 4 is 23.2 Å². The lowest BCUT2D eigenvalue weighted by Crippen LogP contribution is -2.41. The maximum Gasteiger partial charge on any atom is 0.300 e. The van der Waals surface area contributed by atoms with Crippen molar-refractivity contribution in [3.05, 3.63) is 38.9 Å². The number of para-hydroxylation sites is 1. The van der Waals surface area contributed by atoms with E-state index < -0.39 is 10.8 Å². The molecule has 3 N–H and O–H groups in total. The highest BCUT2D eigenvalue weighted by atomic mass is 35.5. The van der Waals surface area contributed by atoms with Gasteiger partial charge in [0, 0.05) is 12.6 Å². The summed E-state index contributed by atoms with van der Waals surface area (Å²) in [5.74, 6) is -0.122. The van der Waals surface area contributed by atoms with Crippen molar-refractivity contribution in [2.75, 3.05) is 6.54 Å². The molecule has 1 aromatic carbocycles. The molecule has 0 aliphatic heterocycles. The van der Waals surface area contributed by atoms with E-state index >= 15 is 0 Å². The molecule has 19 heavy (non-hydrogen) atoms. The number of hydrogen-bond acceptors (Lipinski definition) is 4. The van der Waals surface area contributed by atoms with Crippen LogP contribution in [0.1, 0.15) is 23.2 Å². The van der Waals surface area contributed by atoms with Crippen molar-refractivity contribution in [3.63, 3.8) is 0 Å². The molecule has 0 radical (unpaired) electrons. The number of nitrogens with zero attached hydrogens (tertiary/aromatic N) is 1. The smallest absolute Gasteiger partial charge is 0.300 e. The van der Waals surface area contributed by atoms with E-state index in [1.54, 1.807) is 0 Å². The lowest BCUT2D eigenvalue weighted by atomic mass is 10.1. The van der Waals surface area contributed by atoms with Crippen molar-refractivity contribution in [2.45, 2.75) is 18.9 Å². The predicted octanol–water partition coefficient (Wildman–Crippen LogP) is 1.72. The van der Waals surface area contributed by atoms with Gasteiger partial charge in [0.25, 0.3) is 5.91 Å². The first-order chi connectivity index (χ1) is 9.04. The third-order valence-electron chi connectivity index (χ3n) is 3.18. The maximum absolute atomic E-state index is 12.1. The number of nitrogens with two attached hydrogens (primary N) is 1. The topological polar surface area (TPSA) is 98.3 Å². The quantitative estimate of drug-likeness (QED) is 0.635. The Morgan fingerprint density at radius 2 is 2.26 bits per heavy atom. The minimum Gasteiger partial charge on any atom is -0.348 e. The number of hydrogen-bond donors (Lipinski definition) is 2. The monoisotopic (exact) mass is 283 g/mol. The second-order valence-corrected chi connectivity index (χ2v) is 4.95. The van der Waals surface area contributed by atoms with Crippen molar-refractivity contribution in [1.82, 2.24) is 5.32 Å². The van der Waals surface area contributed by atoms with Gasteiger partial charge in [-0.05, 0) is 30.9 Å². The van der Waals surface area contributed by atoms with Gasteiger partial charge in [-0.15, -0.1) is 0 Å². The summed E-state index contributed by atoms with van der Waals surface area (Å²) in [5.41, 5.74) is 5.19. The van der Waals surface area contributed by atoms with Crippen LogP contribution in [-0.4, -0.2) is 23.4 Å². The summed E-state index contributed by atoms with van der Waals surface area (Å²) in [6.07, 6.45) is 2.06. The lowest BCUT2D eigenvalue weighted by molar-refractivity contribution is -0.385. The number of halogens is 1. The molecule has 1 aliphatic carbocycles. The van der Waals surface area contributed by atoms with Gasteiger partial charge in [-0.3, -0.25) is 14.9 Å². The van der Waals surface area contributed by atoms with Crippen LogP contribution in [0.15, 0.2) is 18.2 Å². The number of benzene rings is 1. The summed E-state index contributed by atoms with van der Waals surface area (Å²) in [6.45, 7) is 0.324. The number of nitro groups is 1. The molecule has 0 bridgehead atoms. The first-order valence-electron chi connectivity index (χ1n) is 5.98. The van der Waals surface area contributed by atoms with Crippen LogP contribution in [0.3, 0.4) is 0 Å². The zero-order chi connectivity index (χ0) is 14.0. The fraction of sp³-hybridized carbons (Fsp3) is 0.417. The average molecular weight is 284 g/mol. The summed E-state index contributed by atoms with van der Waals surface area (Å²) in [5, 5.41) is 13.7. The third-order valence-corrected chi connectivity index (χ3v) is 3.48. The molecule has 7 heteroatoms. The van der Waals surface area contributed by atoms with Crippen LogP contribution in [-0.2, 0) is 0 Å². The number of nitro benzene ring substituents is 1. The molecule has 1 aliphatic rings. The minimum absolute atomic E-state index is 0.0309. The number of carbonyl (C=O) groups is 1. The SMILES string of the molecule is NCC(NC(=O)c1cccc(Cl)c1[N+](=O)[O-])C1CC1. The van der Waals surface area contributed by atoms with Crippen molar-refractivity contribution in [2.24, 2.45) is 11.7 Å². The molecule has 0 saturated heterocycles. The van der Waals surface area contributed by atoms with Gasteiger partial charge in [0.1, 0.15) is 10.6 Å². The molecule has 2 rings (SSSR count). The van der Waals surface area contributed by atoms with Crippen LogP contribution in [0, 0.1) is 16.0 Å². The fourth-order valence-corrected chi connectivity index (χ4v) is 2.24. The van der Waals surface area contributed by atoms with Crippen LogP contribution in [0.2, 0.25) is 5.02 Å². The lowest BCUT2D eigenvalue weighted by Gasteiger charge is -2.16. The summed E-state index contributed by atoms with van der Waals surface area (Å²) in [7, 11) is 0. The highest BCUT2D eigenvalue weighted by molar-refractivity contribution is 6.33. The Morgan fingerprint density at radius 1 is 1.58 bits per heavy atom.